The minimum atomic E-state index is 0.493. The first kappa shape index (κ1) is 17.6. The Labute approximate surface area is 156 Å². The molecule has 1 saturated heterocycles. The van der Waals surface area contributed by atoms with Crippen molar-refractivity contribution < 1.29 is 0 Å². The maximum atomic E-state index is 4.47. The molecule has 1 unspecified atom stereocenters. The predicted octanol–water partition coefficient (Wildman–Crippen LogP) is 3.47. The molecular formula is C17H24BrN5S. The third kappa shape index (κ3) is 4.26. The SMILES string of the molecule is CN(C)c1cc(N(C)C2CCCN(Cc3cc(Br)cs3)C2)ncn1. The number of likely N-dealkylation sites (N-methyl/N-ethyl adjacent to an activating group) is 1. The molecule has 0 saturated carbocycles. The highest BCUT2D eigenvalue weighted by atomic mass is 79.9. The molecule has 24 heavy (non-hydrogen) atoms. The average molecular weight is 410 g/mol. The van der Waals surface area contributed by atoms with Crippen molar-refractivity contribution >= 4 is 38.9 Å². The zero-order chi connectivity index (χ0) is 17.1. The van der Waals surface area contributed by atoms with E-state index in [1.165, 1.54) is 28.7 Å². The number of piperidine rings is 1. The summed E-state index contributed by atoms with van der Waals surface area (Å²) in [5, 5.41) is 2.16. The highest BCUT2D eigenvalue weighted by Gasteiger charge is 2.24. The number of nitrogens with zero attached hydrogens (tertiary/aromatic N) is 5. The van der Waals surface area contributed by atoms with E-state index in [2.05, 4.69) is 60.3 Å². The highest BCUT2D eigenvalue weighted by Crippen LogP contribution is 2.25. The summed E-state index contributed by atoms with van der Waals surface area (Å²) in [5.41, 5.74) is 0. The van der Waals surface area contributed by atoms with Crippen molar-refractivity contribution in [2.75, 3.05) is 44.0 Å². The second-order valence-corrected chi connectivity index (χ2v) is 8.41. The number of thiophene rings is 1. The summed E-state index contributed by atoms with van der Waals surface area (Å²) in [4.78, 5) is 17.1. The molecule has 0 radical (unpaired) electrons. The molecule has 0 N–H and O–H groups in total. The quantitative estimate of drug-likeness (QED) is 0.755. The van der Waals surface area contributed by atoms with E-state index in [-0.39, 0.29) is 0 Å². The minimum absolute atomic E-state index is 0.493. The zero-order valence-corrected chi connectivity index (χ0v) is 16.8. The number of hydrogen-bond acceptors (Lipinski definition) is 6. The lowest BCUT2D eigenvalue weighted by atomic mass is 10.0. The molecule has 1 aliphatic heterocycles. The Hall–Kier alpha value is -1.18. The van der Waals surface area contributed by atoms with E-state index in [1.54, 1.807) is 6.33 Å². The van der Waals surface area contributed by atoms with Crippen LogP contribution in [-0.2, 0) is 6.54 Å². The normalized spacial score (nSPS) is 18.6. The lowest BCUT2D eigenvalue weighted by Crippen LogP contribution is -2.46. The first-order chi connectivity index (χ1) is 11.5. The van der Waals surface area contributed by atoms with E-state index in [4.69, 9.17) is 0 Å². The van der Waals surface area contributed by atoms with E-state index in [1.807, 2.05) is 30.3 Å². The average Bonchev–Trinajstić information content (AvgIpc) is 2.99. The van der Waals surface area contributed by atoms with Crippen LogP contribution in [-0.4, -0.2) is 55.1 Å². The number of aromatic nitrogens is 2. The van der Waals surface area contributed by atoms with Crippen molar-refractivity contribution in [3.05, 3.63) is 33.2 Å². The van der Waals surface area contributed by atoms with Crippen LogP contribution in [0.25, 0.3) is 0 Å². The van der Waals surface area contributed by atoms with Gasteiger partial charge >= 0.3 is 0 Å². The molecule has 0 aromatic carbocycles. The van der Waals surface area contributed by atoms with Gasteiger partial charge in [0.2, 0.25) is 0 Å². The van der Waals surface area contributed by atoms with Gasteiger partial charge in [0.1, 0.15) is 18.0 Å². The van der Waals surface area contributed by atoms with Crippen LogP contribution in [0.15, 0.2) is 28.3 Å². The fourth-order valence-corrected chi connectivity index (χ4v) is 4.60. The van der Waals surface area contributed by atoms with Gasteiger partial charge in [0.15, 0.2) is 0 Å². The van der Waals surface area contributed by atoms with Gasteiger partial charge in [-0.05, 0) is 41.4 Å². The monoisotopic (exact) mass is 409 g/mol. The van der Waals surface area contributed by atoms with Gasteiger partial charge in [0.25, 0.3) is 0 Å². The van der Waals surface area contributed by atoms with E-state index >= 15 is 0 Å². The summed E-state index contributed by atoms with van der Waals surface area (Å²) in [5.74, 6) is 1.95. The summed E-state index contributed by atoms with van der Waals surface area (Å²) in [6, 6.07) is 4.79. The molecule has 2 aromatic rings. The van der Waals surface area contributed by atoms with Crippen LogP contribution in [0.3, 0.4) is 0 Å². The molecule has 130 valence electrons. The van der Waals surface area contributed by atoms with Crippen molar-refractivity contribution in [2.45, 2.75) is 25.4 Å². The van der Waals surface area contributed by atoms with Crippen LogP contribution in [0, 0.1) is 0 Å². The Morgan fingerprint density at radius 1 is 1.25 bits per heavy atom. The second-order valence-electron chi connectivity index (χ2n) is 6.50. The minimum Gasteiger partial charge on any atom is -0.363 e. The lowest BCUT2D eigenvalue weighted by molar-refractivity contribution is 0.200. The largest absolute Gasteiger partial charge is 0.363 e. The lowest BCUT2D eigenvalue weighted by Gasteiger charge is -2.38. The summed E-state index contributed by atoms with van der Waals surface area (Å²) < 4.78 is 1.19. The van der Waals surface area contributed by atoms with Gasteiger partial charge < -0.3 is 9.80 Å². The first-order valence-corrected chi connectivity index (χ1v) is 9.87. The van der Waals surface area contributed by atoms with Crippen molar-refractivity contribution in [1.82, 2.24) is 14.9 Å². The fourth-order valence-electron chi connectivity index (χ4n) is 3.11. The van der Waals surface area contributed by atoms with Crippen molar-refractivity contribution in [1.29, 1.82) is 0 Å². The Balaban J connectivity index is 1.66. The Morgan fingerprint density at radius 3 is 2.75 bits per heavy atom. The third-order valence-electron chi connectivity index (χ3n) is 4.49. The number of halogens is 1. The van der Waals surface area contributed by atoms with Crippen LogP contribution in [0.1, 0.15) is 17.7 Å². The van der Waals surface area contributed by atoms with Crippen LogP contribution < -0.4 is 9.80 Å². The number of likely N-dealkylation sites (tertiary alicyclic amines) is 1. The predicted molar refractivity (Wildman–Crippen MR) is 105 cm³/mol. The summed E-state index contributed by atoms with van der Waals surface area (Å²) in [6.45, 7) is 3.28. The van der Waals surface area contributed by atoms with Crippen molar-refractivity contribution in [3.8, 4) is 0 Å². The van der Waals surface area contributed by atoms with Gasteiger partial charge in [-0.2, -0.15) is 0 Å². The smallest absolute Gasteiger partial charge is 0.134 e. The zero-order valence-electron chi connectivity index (χ0n) is 14.4. The van der Waals surface area contributed by atoms with E-state index in [9.17, 15) is 0 Å². The molecule has 1 aliphatic rings. The van der Waals surface area contributed by atoms with Crippen molar-refractivity contribution in [3.63, 3.8) is 0 Å². The number of hydrogen-bond donors (Lipinski definition) is 0. The molecule has 1 fully saturated rings. The summed E-state index contributed by atoms with van der Waals surface area (Å²) in [6.07, 6.45) is 4.10. The van der Waals surface area contributed by atoms with Gasteiger partial charge in [-0.15, -0.1) is 11.3 Å². The molecule has 7 heteroatoms. The van der Waals surface area contributed by atoms with E-state index < -0.39 is 0 Å². The van der Waals surface area contributed by atoms with Gasteiger partial charge in [-0.3, -0.25) is 4.90 Å². The molecule has 1 atom stereocenters. The van der Waals surface area contributed by atoms with Gasteiger partial charge in [-0.25, -0.2) is 9.97 Å². The molecule has 0 spiro atoms. The van der Waals surface area contributed by atoms with Crippen molar-refractivity contribution in [2.24, 2.45) is 0 Å². The molecule has 3 heterocycles. The van der Waals surface area contributed by atoms with Crippen LogP contribution >= 0.6 is 27.3 Å². The maximum absolute atomic E-state index is 4.47. The van der Waals surface area contributed by atoms with E-state index in [0.29, 0.717) is 6.04 Å². The molecule has 3 rings (SSSR count). The highest BCUT2D eigenvalue weighted by molar-refractivity contribution is 9.10. The standard InChI is InChI=1S/C17H24BrN5S/c1-21(2)16-8-17(20-12-19-16)22(3)14-5-4-6-23(9-14)10-15-7-13(18)11-24-15/h7-8,11-12,14H,4-6,9-10H2,1-3H3. The summed E-state index contributed by atoms with van der Waals surface area (Å²) in [7, 11) is 6.17. The number of rotatable bonds is 5. The maximum Gasteiger partial charge on any atom is 0.134 e. The first-order valence-electron chi connectivity index (χ1n) is 8.20. The summed E-state index contributed by atoms with van der Waals surface area (Å²) >= 11 is 5.37. The second kappa shape index (κ2) is 7.80. The molecule has 0 aliphatic carbocycles. The number of anilines is 2. The molecule has 0 bridgehead atoms. The Morgan fingerprint density at radius 2 is 2.04 bits per heavy atom. The van der Waals surface area contributed by atoms with Crippen LogP contribution in [0.2, 0.25) is 0 Å². The van der Waals surface area contributed by atoms with Gasteiger partial charge in [0.05, 0.1) is 0 Å². The van der Waals surface area contributed by atoms with Crippen LogP contribution in [0.4, 0.5) is 11.6 Å². The Kier molecular flexibility index (Phi) is 5.73. The van der Waals surface area contributed by atoms with Gasteiger partial charge in [0, 0.05) is 61.1 Å². The molecule has 2 aromatic heterocycles. The Bertz CT molecular complexity index is 675. The third-order valence-corrected chi connectivity index (χ3v) is 6.17. The fraction of sp³-hybridized carbons (Fsp3) is 0.529. The van der Waals surface area contributed by atoms with E-state index in [0.717, 1.165) is 24.7 Å². The van der Waals surface area contributed by atoms with Crippen LogP contribution in [0.5, 0.6) is 0 Å². The molecule has 0 amide bonds. The topological polar surface area (TPSA) is 35.5 Å². The van der Waals surface area contributed by atoms with Gasteiger partial charge in [-0.1, -0.05) is 0 Å². The molecule has 5 nitrogen and oxygen atoms in total. The molecular weight excluding hydrogens is 386 g/mol.